The van der Waals surface area contributed by atoms with E-state index in [-0.39, 0.29) is 16.2 Å². The van der Waals surface area contributed by atoms with Gasteiger partial charge in [-0.1, -0.05) is 20.8 Å². The first kappa shape index (κ1) is 15.2. The van der Waals surface area contributed by atoms with Gasteiger partial charge in [0.05, 0.1) is 17.8 Å². The van der Waals surface area contributed by atoms with E-state index in [0.717, 1.165) is 12.8 Å². The number of ether oxygens (including phenoxy) is 1. The lowest BCUT2D eigenvalue weighted by molar-refractivity contribution is -0.164. The molecule has 2 rings (SSSR count). The maximum atomic E-state index is 11.9. The lowest BCUT2D eigenvalue weighted by Crippen LogP contribution is -2.50. The Morgan fingerprint density at radius 3 is 2.47 bits per heavy atom. The Morgan fingerprint density at radius 1 is 1.26 bits per heavy atom. The van der Waals surface area contributed by atoms with Crippen molar-refractivity contribution >= 4 is 14.1 Å². The summed E-state index contributed by atoms with van der Waals surface area (Å²) in [5.74, 6) is 0.338. The van der Waals surface area contributed by atoms with Gasteiger partial charge in [0.25, 0.3) is 0 Å². The van der Waals surface area contributed by atoms with Crippen molar-refractivity contribution in [2.75, 3.05) is 6.61 Å². The largest absolute Gasteiger partial charge is 0.414 e. The standard InChI is InChI=1S/C15H28O3Si/c1-13(2,3)19(5,6)17-11-15-8-7-14(4,18-15)9-12(16)10-15/h7-11H2,1-6H3. The van der Waals surface area contributed by atoms with Crippen molar-refractivity contribution < 1.29 is 14.0 Å². The number of carbonyl (C=O) groups is 1. The highest BCUT2D eigenvalue weighted by Gasteiger charge is 2.53. The number of Topliss-reactive ketones (excluding diaryl/α,β-unsaturated/α-hetero) is 1. The van der Waals surface area contributed by atoms with E-state index in [1.807, 2.05) is 0 Å². The number of ketones is 1. The van der Waals surface area contributed by atoms with E-state index in [2.05, 4.69) is 40.8 Å². The molecule has 2 bridgehead atoms. The molecule has 0 radical (unpaired) electrons. The van der Waals surface area contributed by atoms with Gasteiger partial charge in [-0.2, -0.15) is 0 Å². The van der Waals surface area contributed by atoms with Crippen LogP contribution in [0.3, 0.4) is 0 Å². The maximum absolute atomic E-state index is 11.9. The van der Waals surface area contributed by atoms with E-state index in [9.17, 15) is 4.79 Å². The molecule has 3 nitrogen and oxygen atoms in total. The van der Waals surface area contributed by atoms with E-state index >= 15 is 0 Å². The van der Waals surface area contributed by atoms with E-state index in [1.54, 1.807) is 0 Å². The van der Waals surface area contributed by atoms with Crippen molar-refractivity contribution in [1.82, 2.24) is 0 Å². The van der Waals surface area contributed by atoms with Gasteiger partial charge in [-0.3, -0.25) is 4.79 Å². The van der Waals surface area contributed by atoms with E-state index in [4.69, 9.17) is 9.16 Å². The van der Waals surface area contributed by atoms with Crippen LogP contribution in [0, 0.1) is 0 Å². The summed E-state index contributed by atoms with van der Waals surface area (Å²) < 4.78 is 12.5. The zero-order valence-corrected chi connectivity index (χ0v) is 14.3. The summed E-state index contributed by atoms with van der Waals surface area (Å²) in [4.78, 5) is 11.9. The predicted molar refractivity (Wildman–Crippen MR) is 78.8 cm³/mol. The molecule has 2 unspecified atom stereocenters. The summed E-state index contributed by atoms with van der Waals surface area (Å²) >= 11 is 0. The van der Waals surface area contributed by atoms with Gasteiger partial charge >= 0.3 is 0 Å². The van der Waals surface area contributed by atoms with Gasteiger partial charge in [-0.25, -0.2) is 0 Å². The molecule has 19 heavy (non-hydrogen) atoms. The second-order valence-electron chi connectivity index (χ2n) is 8.18. The van der Waals surface area contributed by atoms with Gasteiger partial charge < -0.3 is 9.16 Å². The lowest BCUT2D eigenvalue weighted by atomic mass is 9.93. The third-order valence-corrected chi connectivity index (χ3v) is 9.64. The fourth-order valence-electron chi connectivity index (χ4n) is 2.89. The summed E-state index contributed by atoms with van der Waals surface area (Å²) in [6, 6.07) is 0. The zero-order valence-electron chi connectivity index (χ0n) is 13.3. The SMILES string of the molecule is CC12CCC(CO[Si](C)(C)C(C)(C)C)(CC(=O)C1)O2. The monoisotopic (exact) mass is 284 g/mol. The van der Waals surface area contributed by atoms with Crippen LogP contribution in [-0.4, -0.2) is 31.9 Å². The summed E-state index contributed by atoms with van der Waals surface area (Å²) in [6.45, 7) is 13.9. The molecule has 0 saturated carbocycles. The highest BCUT2D eigenvalue weighted by atomic mass is 28.4. The average molecular weight is 284 g/mol. The first-order chi connectivity index (χ1) is 8.47. The smallest absolute Gasteiger partial charge is 0.192 e. The van der Waals surface area contributed by atoms with E-state index in [0.29, 0.717) is 25.2 Å². The highest BCUT2D eigenvalue weighted by Crippen LogP contribution is 2.48. The minimum Gasteiger partial charge on any atom is -0.414 e. The third-order valence-electron chi connectivity index (χ3n) is 5.17. The Labute approximate surface area is 118 Å². The summed E-state index contributed by atoms with van der Waals surface area (Å²) in [5, 5.41) is 0.199. The van der Waals surface area contributed by atoms with Crippen LogP contribution in [0.2, 0.25) is 18.1 Å². The van der Waals surface area contributed by atoms with Gasteiger partial charge in [-0.15, -0.1) is 0 Å². The Bertz CT molecular complexity index is 385. The minimum absolute atomic E-state index is 0.199. The molecule has 2 aliphatic heterocycles. The van der Waals surface area contributed by atoms with Gasteiger partial charge in [0.1, 0.15) is 5.78 Å². The van der Waals surface area contributed by atoms with Gasteiger partial charge in [-0.05, 0) is 37.9 Å². The van der Waals surface area contributed by atoms with Crippen LogP contribution in [0.5, 0.6) is 0 Å². The molecule has 2 heterocycles. The summed E-state index contributed by atoms with van der Waals surface area (Å²) in [6.07, 6.45) is 3.06. The Morgan fingerprint density at radius 2 is 1.89 bits per heavy atom. The summed E-state index contributed by atoms with van der Waals surface area (Å²) in [7, 11) is -1.77. The molecular weight excluding hydrogens is 256 g/mol. The van der Waals surface area contributed by atoms with Gasteiger partial charge in [0, 0.05) is 12.8 Å². The molecule has 110 valence electrons. The topological polar surface area (TPSA) is 35.5 Å². The first-order valence-electron chi connectivity index (χ1n) is 7.33. The quantitative estimate of drug-likeness (QED) is 0.742. The normalized spacial score (nSPS) is 35.8. The van der Waals surface area contributed by atoms with Crippen molar-refractivity contribution in [2.45, 2.75) is 82.7 Å². The Kier molecular flexibility index (Phi) is 3.52. The van der Waals surface area contributed by atoms with Crippen molar-refractivity contribution in [1.29, 1.82) is 0 Å². The number of fused-ring (bicyclic) bond motifs is 2. The average Bonchev–Trinajstić information content (AvgIpc) is 2.46. The van der Waals surface area contributed by atoms with Crippen LogP contribution >= 0.6 is 0 Å². The van der Waals surface area contributed by atoms with E-state index < -0.39 is 8.32 Å². The van der Waals surface area contributed by atoms with Crippen LogP contribution in [0.4, 0.5) is 0 Å². The molecule has 2 atom stereocenters. The molecule has 2 aliphatic rings. The molecular formula is C15H28O3Si. The highest BCUT2D eigenvalue weighted by molar-refractivity contribution is 6.74. The second kappa shape index (κ2) is 4.40. The molecule has 2 saturated heterocycles. The zero-order chi connectivity index (χ0) is 14.5. The van der Waals surface area contributed by atoms with E-state index in [1.165, 1.54) is 0 Å². The van der Waals surface area contributed by atoms with Crippen LogP contribution in [0.1, 0.15) is 53.4 Å². The Balaban J connectivity index is 2.06. The molecule has 4 heteroatoms. The molecule has 2 fully saturated rings. The van der Waals surface area contributed by atoms with Crippen molar-refractivity contribution in [3.8, 4) is 0 Å². The molecule has 0 aromatic carbocycles. The van der Waals surface area contributed by atoms with Crippen LogP contribution in [0.25, 0.3) is 0 Å². The Hall–Kier alpha value is -0.193. The first-order valence-corrected chi connectivity index (χ1v) is 10.2. The van der Waals surface area contributed by atoms with Crippen LogP contribution in [0.15, 0.2) is 0 Å². The fourth-order valence-corrected chi connectivity index (χ4v) is 3.94. The molecule has 0 spiro atoms. The number of hydrogen-bond acceptors (Lipinski definition) is 3. The predicted octanol–water partition coefficient (Wildman–Crippen LogP) is 3.68. The van der Waals surface area contributed by atoms with Gasteiger partial charge in [0.2, 0.25) is 0 Å². The van der Waals surface area contributed by atoms with Crippen molar-refractivity contribution in [3.05, 3.63) is 0 Å². The fraction of sp³-hybridized carbons (Fsp3) is 0.933. The lowest BCUT2D eigenvalue weighted by Gasteiger charge is -2.42. The third kappa shape index (κ3) is 2.95. The number of hydrogen-bond donors (Lipinski definition) is 0. The van der Waals surface area contributed by atoms with Crippen LogP contribution < -0.4 is 0 Å². The second-order valence-corrected chi connectivity index (χ2v) is 13.0. The molecule has 0 amide bonds. The minimum atomic E-state index is -1.77. The van der Waals surface area contributed by atoms with Crippen molar-refractivity contribution in [2.24, 2.45) is 0 Å². The number of rotatable bonds is 3. The molecule has 0 aromatic heterocycles. The number of carbonyl (C=O) groups excluding carboxylic acids is 1. The maximum Gasteiger partial charge on any atom is 0.192 e. The van der Waals surface area contributed by atoms with Gasteiger partial charge in [0.15, 0.2) is 8.32 Å². The summed E-state index contributed by atoms with van der Waals surface area (Å²) in [5.41, 5.74) is -0.564. The molecule has 0 N–H and O–H groups in total. The molecule has 0 aromatic rings. The van der Waals surface area contributed by atoms with Crippen LogP contribution in [-0.2, 0) is 14.0 Å². The molecule has 0 aliphatic carbocycles. The van der Waals surface area contributed by atoms with Crippen molar-refractivity contribution in [3.63, 3.8) is 0 Å².